The number of rotatable bonds is 19. The number of nitrogens with two attached hydrogens (primary N) is 1. The molecule has 0 aromatic carbocycles. The number of hydrogen-bond donors (Lipinski definition) is 4. The van der Waals surface area contributed by atoms with Gasteiger partial charge >= 0.3 is 5.97 Å². The van der Waals surface area contributed by atoms with E-state index >= 15 is 0 Å². The summed E-state index contributed by atoms with van der Waals surface area (Å²) in [5.74, 6) is -0.385. The first kappa shape index (κ1) is 25.2. The lowest BCUT2D eigenvalue weighted by atomic mass is 10.0. The zero-order chi connectivity index (χ0) is 19.5. The molecule has 0 bridgehead atoms. The Balaban J connectivity index is 3.11. The second kappa shape index (κ2) is 19.0. The lowest BCUT2D eigenvalue weighted by molar-refractivity contribution is -0.137. The molecule has 0 saturated carbocycles. The van der Waals surface area contributed by atoms with E-state index in [-0.39, 0.29) is 5.91 Å². The lowest BCUT2D eigenvalue weighted by Gasteiger charge is -2.09. The van der Waals surface area contributed by atoms with Gasteiger partial charge in [0.25, 0.3) is 0 Å². The number of aliphatic carboxylic acids is 1. The maximum absolute atomic E-state index is 11.4. The van der Waals surface area contributed by atoms with Gasteiger partial charge in [-0.3, -0.25) is 9.59 Å². The van der Waals surface area contributed by atoms with E-state index in [2.05, 4.69) is 17.9 Å². The van der Waals surface area contributed by atoms with Crippen LogP contribution in [0.2, 0.25) is 0 Å². The first-order chi connectivity index (χ1) is 12.6. The Labute approximate surface area is 165 Å². The van der Waals surface area contributed by atoms with Crippen LogP contribution in [0.15, 0.2) is 0 Å². The topological polar surface area (TPSA) is 92.4 Å². The molecule has 1 unspecified atom stereocenters. The summed E-state index contributed by atoms with van der Waals surface area (Å²) in [6.07, 6.45) is 17.2. The van der Waals surface area contributed by atoms with Crippen molar-refractivity contribution in [1.29, 1.82) is 0 Å². The fourth-order valence-electron chi connectivity index (χ4n) is 2.95. The van der Waals surface area contributed by atoms with Crippen LogP contribution in [0.1, 0.15) is 96.3 Å². The van der Waals surface area contributed by atoms with E-state index in [4.69, 9.17) is 10.8 Å². The summed E-state index contributed by atoms with van der Waals surface area (Å²) in [7, 11) is 0. The summed E-state index contributed by atoms with van der Waals surface area (Å²) in [6, 6.07) is -0.490. The van der Waals surface area contributed by atoms with E-state index in [1.165, 1.54) is 64.2 Å². The van der Waals surface area contributed by atoms with Gasteiger partial charge in [0.05, 0.1) is 6.04 Å². The smallest absolute Gasteiger partial charge is 0.303 e. The minimum Gasteiger partial charge on any atom is -0.481 e. The van der Waals surface area contributed by atoms with Crippen LogP contribution >= 0.6 is 12.6 Å². The minimum atomic E-state index is -0.675. The third kappa shape index (κ3) is 18.1. The van der Waals surface area contributed by atoms with E-state index in [1.54, 1.807) is 0 Å². The molecular weight excluding hydrogens is 348 g/mol. The number of nitrogens with one attached hydrogen (secondary N) is 1. The summed E-state index contributed by atoms with van der Waals surface area (Å²) >= 11 is 4.01. The molecule has 6 heteroatoms. The maximum Gasteiger partial charge on any atom is 0.303 e. The van der Waals surface area contributed by atoms with Crippen LogP contribution in [0.25, 0.3) is 0 Å². The number of hydrogen-bond acceptors (Lipinski definition) is 4. The third-order valence-electron chi connectivity index (χ3n) is 4.65. The van der Waals surface area contributed by atoms with Gasteiger partial charge in [-0.25, -0.2) is 0 Å². The largest absolute Gasteiger partial charge is 0.481 e. The third-order valence-corrected chi connectivity index (χ3v) is 5.04. The fourth-order valence-corrected chi connectivity index (χ4v) is 3.11. The number of carbonyl (C=O) groups is 2. The van der Waals surface area contributed by atoms with Crippen molar-refractivity contribution in [2.24, 2.45) is 5.73 Å². The van der Waals surface area contributed by atoms with Crippen LogP contribution in [-0.2, 0) is 9.59 Å². The van der Waals surface area contributed by atoms with Crippen molar-refractivity contribution in [3.63, 3.8) is 0 Å². The molecule has 1 atom stereocenters. The molecule has 5 nitrogen and oxygen atoms in total. The standard InChI is InChI=1S/C20H40N2O3S/c21-18(17-26)20(25)22-16-14-12-10-8-6-4-2-1-3-5-7-9-11-13-15-19(23)24/h18,26H,1-17,21H2,(H,22,25)(H,23,24). The van der Waals surface area contributed by atoms with Gasteiger partial charge in [-0.1, -0.05) is 77.0 Å². The SMILES string of the molecule is NC(CS)C(=O)NCCCCCCCCCCCCCCCCC(=O)O. The van der Waals surface area contributed by atoms with Gasteiger partial charge in [-0.2, -0.15) is 12.6 Å². The summed E-state index contributed by atoms with van der Waals surface area (Å²) in [5.41, 5.74) is 5.58. The van der Waals surface area contributed by atoms with E-state index in [0.717, 1.165) is 32.2 Å². The molecule has 0 heterocycles. The molecular formula is C20H40N2O3S. The lowest BCUT2D eigenvalue weighted by Crippen LogP contribution is -2.42. The molecule has 0 aliphatic heterocycles. The Morgan fingerprint density at radius 2 is 1.15 bits per heavy atom. The molecule has 0 aliphatic rings. The fraction of sp³-hybridized carbons (Fsp3) is 0.900. The highest BCUT2D eigenvalue weighted by Gasteiger charge is 2.09. The first-order valence-electron chi connectivity index (χ1n) is 10.4. The van der Waals surface area contributed by atoms with Gasteiger partial charge < -0.3 is 16.2 Å². The second-order valence-electron chi connectivity index (χ2n) is 7.17. The predicted octanol–water partition coefficient (Wildman–Crippen LogP) is 4.30. The first-order valence-corrected chi connectivity index (χ1v) is 11.1. The molecule has 1 amide bonds. The van der Waals surface area contributed by atoms with Crippen molar-refractivity contribution in [2.45, 2.75) is 102 Å². The Kier molecular flexibility index (Phi) is 18.5. The van der Waals surface area contributed by atoms with E-state index in [1.807, 2.05) is 0 Å². The Morgan fingerprint density at radius 1 is 0.769 bits per heavy atom. The van der Waals surface area contributed by atoms with E-state index in [0.29, 0.717) is 12.2 Å². The van der Waals surface area contributed by atoms with Gasteiger partial charge in [-0.15, -0.1) is 0 Å². The zero-order valence-corrected chi connectivity index (χ0v) is 17.3. The van der Waals surface area contributed by atoms with Gasteiger partial charge in [0.15, 0.2) is 0 Å². The molecule has 0 spiro atoms. The average Bonchev–Trinajstić information content (AvgIpc) is 2.63. The number of unbranched alkanes of at least 4 members (excludes halogenated alkanes) is 13. The summed E-state index contributed by atoms with van der Waals surface area (Å²) < 4.78 is 0. The van der Waals surface area contributed by atoms with Gasteiger partial charge in [0.2, 0.25) is 5.91 Å². The van der Waals surface area contributed by atoms with Gasteiger partial charge in [-0.05, 0) is 12.8 Å². The molecule has 0 radical (unpaired) electrons. The molecule has 0 aromatic heterocycles. The van der Waals surface area contributed by atoms with Crippen molar-refractivity contribution in [3.05, 3.63) is 0 Å². The Bertz CT molecular complexity index is 354. The average molecular weight is 389 g/mol. The monoisotopic (exact) mass is 388 g/mol. The summed E-state index contributed by atoms with van der Waals surface area (Å²) in [6.45, 7) is 0.719. The number of carboxylic acids is 1. The Morgan fingerprint density at radius 3 is 1.54 bits per heavy atom. The molecule has 154 valence electrons. The van der Waals surface area contributed by atoms with Crippen LogP contribution in [0.4, 0.5) is 0 Å². The number of carboxylic acid groups (broad SMARTS) is 1. The van der Waals surface area contributed by atoms with Crippen molar-refractivity contribution in [3.8, 4) is 0 Å². The highest BCUT2D eigenvalue weighted by Crippen LogP contribution is 2.13. The van der Waals surface area contributed by atoms with Crippen LogP contribution in [0, 0.1) is 0 Å². The highest BCUT2D eigenvalue weighted by atomic mass is 32.1. The van der Waals surface area contributed by atoms with Crippen molar-refractivity contribution < 1.29 is 14.7 Å². The van der Waals surface area contributed by atoms with E-state index < -0.39 is 12.0 Å². The van der Waals surface area contributed by atoms with Crippen LogP contribution in [-0.4, -0.2) is 35.3 Å². The van der Waals surface area contributed by atoms with Gasteiger partial charge in [0.1, 0.15) is 0 Å². The van der Waals surface area contributed by atoms with Crippen molar-refractivity contribution >= 4 is 24.5 Å². The molecule has 0 aromatic rings. The molecule has 0 rings (SSSR count). The molecule has 4 N–H and O–H groups in total. The molecule has 0 fully saturated rings. The van der Waals surface area contributed by atoms with Crippen molar-refractivity contribution in [1.82, 2.24) is 5.32 Å². The molecule has 26 heavy (non-hydrogen) atoms. The zero-order valence-electron chi connectivity index (χ0n) is 16.4. The predicted molar refractivity (Wildman–Crippen MR) is 112 cm³/mol. The minimum absolute atomic E-state index is 0.0970. The maximum atomic E-state index is 11.4. The van der Waals surface area contributed by atoms with Crippen LogP contribution in [0.5, 0.6) is 0 Å². The Hall–Kier alpha value is -0.750. The molecule has 0 aliphatic carbocycles. The number of thiol groups is 1. The summed E-state index contributed by atoms with van der Waals surface area (Å²) in [5, 5.41) is 11.4. The van der Waals surface area contributed by atoms with Gasteiger partial charge in [0, 0.05) is 18.7 Å². The number of amides is 1. The number of carbonyl (C=O) groups excluding carboxylic acids is 1. The quantitative estimate of drug-likeness (QED) is 0.196. The highest BCUT2D eigenvalue weighted by molar-refractivity contribution is 7.80. The summed E-state index contributed by atoms with van der Waals surface area (Å²) in [4.78, 5) is 21.8. The van der Waals surface area contributed by atoms with Crippen molar-refractivity contribution in [2.75, 3.05) is 12.3 Å². The van der Waals surface area contributed by atoms with Crippen LogP contribution < -0.4 is 11.1 Å². The van der Waals surface area contributed by atoms with Crippen LogP contribution in [0.3, 0.4) is 0 Å². The molecule has 0 saturated heterocycles. The normalized spacial score (nSPS) is 12.1. The van der Waals surface area contributed by atoms with E-state index in [9.17, 15) is 9.59 Å². The second-order valence-corrected chi connectivity index (χ2v) is 7.54.